The molecule has 2 nitrogen and oxygen atoms in total. The zero-order valence-electron chi connectivity index (χ0n) is 11.5. The lowest BCUT2D eigenvalue weighted by Crippen LogP contribution is -2.24. The molecule has 0 aromatic heterocycles. The Labute approximate surface area is 105 Å². The SMILES string of the molecule is CCc1ccc(C(COC(C)CC)NC)cc1. The second-order valence-electron chi connectivity index (χ2n) is 4.49. The van der Waals surface area contributed by atoms with Crippen LogP contribution in [0.25, 0.3) is 0 Å². The van der Waals surface area contributed by atoms with Gasteiger partial charge in [-0.25, -0.2) is 0 Å². The third-order valence-electron chi connectivity index (χ3n) is 3.26. The highest BCUT2D eigenvalue weighted by atomic mass is 16.5. The maximum atomic E-state index is 5.79. The highest BCUT2D eigenvalue weighted by molar-refractivity contribution is 5.25. The first-order valence-corrected chi connectivity index (χ1v) is 6.58. The van der Waals surface area contributed by atoms with E-state index in [0.717, 1.165) is 19.4 Å². The Morgan fingerprint density at radius 2 is 1.82 bits per heavy atom. The summed E-state index contributed by atoms with van der Waals surface area (Å²) in [5, 5.41) is 3.31. The van der Waals surface area contributed by atoms with Gasteiger partial charge in [-0.3, -0.25) is 0 Å². The highest BCUT2D eigenvalue weighted by Crippen LogP contribution is 2.15. The average Bonchev–Trinajstić information content (AvgIpc) is 2.39. The number of ether oxygens (including phenoxy) is 1. The van der Waals surface area contributed by atoms with Crippen LogP contribution in [-0.2, 0) is 11.2 Å². The molecule has 0 fully saturated rings. The van der Waals surface area contributed by atoms with Gasteiger partial charge in [0.1, 0.15) is 0 Å². The molecular formula is C15H25NO. The van der Waals surface area contributed by atoms with Gasteiger partial charge in [0, 0.05) is 0 Å². The van der Waals surface area contributed by atoms with E-state index in [2.05, 4.69) is 50.4 Å². The van der Waals surface area contributed by atoms with E-state index in [1.807, 2.05) is 7.05 Å². The largest absolute Gasteiger partial charge is 0.377 e. The lowest BCUT2D eigenvalue weighted by Gasteiger charge is -2.19. The van der Waals surface area contributed by atoms with Crippen molar-refractivity contribution in [1.82, 2.24) is 5.32 Å². The highest BCUT2D eigenvalue weighted by Gasteiger charge is 2.10. The summed E-state index contributed by atoms with van der Waals surface area (Å²) in [6, 6.07) is 9.07. The van der Waals surface area contributed by atoms with Gasteiger partial charge in [0.05, 0.1) is 18.8 Å². The van der Waals surface area contributed by atoms with E-state index in [0.29, 0.717) is 6.10 Å². The van der Waals surface area contributed by atoms with Crippen molar-refractivity contribution in [3.63, 3.8) is 0 Å². The summed E-state index contributed by atoms with van der Waals surface area (Å²) in [7, 11) is 1.98. The number of benzene rings is 1. The fourth-order valence-corrected chi connectivity index (χ4v) is 1.71. The minimum atomic E-state index is 0.287. The molecule has 17 heavy (non-hydrogen) atoms. The first-order valence-electron chi connectivity index (χ1n) is 6.58. The minimum absolute atomic E-state index is 0.287. The van der Waals surface area contributed by atoms with E-state index >= 15 is 0 Å². The van der Waals surface area contributed by atoms with Crippen LogP contribution in [0.5, 0.6) is 0 Å². The molecule has 1 rings (SSSR count). The van der Waals surface area contributed by atoms with Gasteiger partial charge in [0.25, 0.3) is 0 Å². The van der Waals surface area contributed by atoms with Crippen LogP contribution < -0.4 is 5.32 Å². The quantitative estimate of drug-likeness (QED) is 0.782. The smallest absolute Gasteiger partial charge is 0.0664 e. The molecule has 0 aliphatic carbocycles. The molecule has 1 N–H and O–H groups in total. The van der Waals surface area contributed by atoms with E-state index in [-0.39, 0.29) is 6.04 Å². The molecule has 1 aromatic carbocycles. The Balaban J connectivity index is 2.59. The average molecular weight is 235 g/mol. The summed E-state index contributed by atoms with van der Waals surface area (Å²) in [5.74, 6) is 0. The van der Waals surface area contributed by atoms with Crippen LogP contribution in [0.1, 0.15) is 44.4 Å². The summed E-state index contributed by atoms with van der Waals surface area (Å²) in [4.78, 5) is 0. The molecule has 0 amide bonds. The summed E-state index contributed by atoms with van der Waals surface area (Å²) in [6.45, 7) is 7.18. The van der Waals surface area contributed by atoms with Gasteiger partial charge < -0.3 is 10.1 Å². The van der Waals surface area contributed by atoms with Gasteiger partial charge >= 0.3 is 0 Å². The molecule has 0 heterocycles. The number of hydrogen-bond donors (Lipinski definition) is 1. The normalized spacial score (nSPS) is 14.6. The third-order valence-corrected chi connectivity index (χ3v) is 3.26. The Bertz CT molecular complexity index is 307. The molecule has 2 atom stereocenters. The second-order valence-corrected chi connectivity index (χ2v) is 4.49. The van der Waals surface area contributed by atoms with Crippen LogP contribution >= 0.6 is 0 Å². The predicted octanol–water partition coefficient (Wildman–Crippen LogP) is 3.32. The Morgan fingerprint density at radius 1 is 1.18 bits per heavy atom. The lowest BCUT2D eigenvalue weighted by molar-refractivity contribution is 0.0487. The number of hydrogen-bond acceptors (Lipinski definition) is 2. The van der Waals surface area contributed by atoms with E-state index in [1.54, 1.807) is 0 Å². The first-order chi connectivity index (χ1) is 8.21. The number of nitrogens with one attached hydrogen (secondary N) is 1. The molecule has 0 saturated heterocycles. The first kappa shape index (κ1) is 14.2. The fraction of sp³-hybridized carbons (Fsp3) is 0.600. The molecular weight excluding hydrogens is 210 g/mol. The topological polar surface area (TPSA) is 21.3 Å². The van der Waals surface area contributed by atoms with Crippen LogP contribution in [0.3, 0.4) is 0 Å². The zero-order valence-corrected chi connectivity index (χ0v) is 11.5. The molecule has 2 heteroatoms. The van der Waals surface area contributed by atoms with Gasteiger partial charge in [-0.2, -0.15) is 0 Å². The van der Waals surface area contributed by atoms with Crippen molar-refractivity contribution in [3.8, 4) is 0 Å². The van der Waals surface area contributed by atoms with Crippen molar-refractivity contribution < 1.29 is 4.74 Å². The van der Waals surface area contributed by atoms with Crippen LogP contribution in [0.4, 0.5) is 0 Å². The summed E-state index contributed by atoms with van der Waals surface area (Å²) < 4.78 is 5.79. The molecule has 0 bridgehead atoms. The standard InChI is InChI=1S/C15H25NO/c1-5-12(3)17-11-15(16-4)14-9-7-13(6-2)8-10-14/h7-10,12,15-16H,5-6,11H2,1-4H3. The molecule has 0 aliphatic rings. The Kier molecular flexibility index (Phi) is 6.23. The zero-order chi connectivity index (χ0) is 12.7. The molecule has 0 spiro atoms. The van der Waals surface area contributed by atoms with Crippen LogP contribution in [0.15, 0.2) is 24.3 Å². The summed E-state index contributed by atoms with van der Waals surface area (Å²) in [6.07, 6.45) is 2.49. The molecule has 2 unspecified atom stereocenters. The fourth-order valence-electron chi connectivity index (χ4n) is 1.71. The number of likely N-dealkylation sites (N-methyl/N-ethyl adjacent to an activating group) is 1. The van der Waals surface area contributed by atoms with E-state index in [1.165, 1.54) is 11.1 Å². The van der Waals surface area contributed by atoms with Gasteiger partial charge in [-0.05, 0) is 37.9 Å². The Hall–Kier alpha value is -0.860. The van der Waals surface area contributed by atoms with E-state index in [4.69, 9.17) is 4.74 Å². The van der Waals surface area contributed by atoms with Crippen LogP contribution in [0.2, 0.25) is 0 Å². The molecule has 0 radical (unpaired) electrons. The molecule has 96 valence electrons. The minimum Gasteiger partial charge on any atom is -0.377 e. The van der Waals surface area contributed by atoms with E-state index in [9.17, 15) is 0 Å². The van der Waals surface area contributed by atoms with Gasteiger partial charge in [0.2, 0.25) is 0 Å². The maximum absolute atomic E-state index is 5.79. The Morgan fingerprint density at radius 3 is 2.29 bits per heavy atom. The molecule has 1 aromatic rings. The lowest BCUT2D eigenvalue weighted by atomic mass is 10.0. The van der Waals surface area contributed by atoms with Gasteiger partial charge in [-0.15, -0.1) is 0 Å². The second kappa shape index (κ2) is 7.46. The predicted molar refractivity (Wildman–Crippen MR) is 73.3 cm³/mol. The van der Waals surface area contributed by atoms with Gasteiger partial charge in [0.15, 0.2) is 0 Å². The third kappa shape index (κ3) is 4.49. The van der Waals surface area contributed by atoms with Crippen molar-refractivity contribution in [2.75, 3.05) is 13.7 Å². The molecule has 0 saturated carbocycles. The number of aryl methyl sites for hydroxylation is 1. The van der Waals surface area contributed by atoms with Crippen molar-refractivity contribution >= 4 is 0 Å². The van der Waals surface area contributed by atoms with Gasteiger partial charge in [-0.1, -0.05) is 38.1 Å². The van der Waals surface area contributed by atoms with E-state index < -0.39 is 0 Å². The van der Waals surface area contributed by atoms with Crippen LogP contribution in [-0.4, -0.2) is 19.8 Å². The van der Waals surface area contributed by atoms with Crippen LogP contribution in [0, 0.1) is 0 Å². The number of rotatable bonds is 7. The molecule has 0 aliphatic heterocycles. The van der Waals surface area contributed by atoms with Crippen molar-refractivity contribution in [2.45, 2.75) is 45.8 Å². The van der Waals surface area contributed by atoms with Crippen molar-refractivity contribution in [1.29, 1.82) is 0 Å². The summed E-state index contributed by atoms with van der Waals surface area (Å²) >= 11 is 0. The summed E-state index contributed by atoms with van der Waals surface area (Å²) in [5.41, 5.74) is 2.68. The van der Waals surface area contributed by atoms with Crippen molar-refractivity contribution in [3.05, 3.63) is 35.4 Å². The monoisotopic (exact) mass is 235 g/mol. The maximum Gasteiger partial charge on any atom is 0.0664 e. The van der Waals surface area contributed by atoms with Crippen molar-refractivity contribution in [2.24, 2.45) is 0 Å².